The number of benzene rings is 1. The topological polar surface area (TPSA) is 94.5 Å². The van der Waals surface area contributed by atoms with Crippen LogP contribution < -0.4 is 10.5 Å². The Morgan fingerprint density at radius 1 is 1.50 bits per heavy atom. The zero-order valence-corrected chi connectivity index (χ0v) is 14.7. The standard InChI is InChI=1S/C16H21ClN4O3/c1-10(15-19-11(2)20-24-15)21(3)16(22)13-6-5-12(17)9-14(13)23-8-4-7-18/h5-6,9-10H,4,7-8,18H2,1-3H3. The van der Waals surface area contributed by atoms with Crippen LogP contribution in [-0.4, -0.2) is 41.1 Å². The molecule has 0 saturated heterocycles. The lowest BCUT2D eigenvalue weighted by Crippen LogP contribution is -2.30. The van der Waals surface area contributed by atoms with Crippen LogP contribution in [0, 0.1) is 6.92 Å². The van der Waals surface area contributed by atoms with Crippen molar-refractivity contribution in [3.63, 3.8) is 0 Å². The summed E-state index contributed by atoms with van der Waals surface area (Å²) in [5, 5.41) is 4.25. The van der Waals surface area contributed by atoms with E-state index in [1.165, 1.54) is 4.90 Å². The van der Waals surface area contributed by atoms with Crippen molar-refractivity contribution in [2.45, 2.75) is 26.3 Å². The molecule has 0 bridgehead atoms. The first-order valence-corrected chi connectivity index (χ1v) is 8.01. The van der Waals surface area contributed by atoms with Crippen LogP contribution in [0.1, 0.15) is 41.5 Å². The van der Waals surface area contributed by atoms with Crippen molar-refractivity contribution in [3.05, 3.63) is 40.5 Å². The molecule has 0 aliphatic carbocycles. The van der Waals surface area contributed by atoms with Crippen molar-refractivity contribution in [2.24, 2.45) is 5.73 Å². The maximum atomic E-state index is 12.8. The molecule has 1 unspecified atom stereocenters. The van der Waals surface area contributed by atoms with Crippen molar-refractivity contribution >= 4 is 17.5 Å². The van der Waals surface area contributed by atoms with E-state index in [0.29, 0.717) is 47.6 Å². The molecule has 7 nitrogen and oxygen atoms in total. The summed E-state index contributed by atoms with van der Waals surface area (Å²) in [5.41, 5.74) is 5.89. The van der Waals surface area contributed by atoms with Gasteiger partial charge in [-0.15, -0.1) is 0 Å². The van der Waals surface area contributed by atoms with E-state index in [1.54, 1.807) is 32.2 Å². The van der Waals surface area contributed by atoms with Gasteiger partial charge in [0.05, 0.1) is 12.2 Å². The maximum absolute atomic E-state index is 12.8. The zero-order chi connectivity index (χ0) is 17.7. The van der Waals surface area contributed by atoms with Gasteiger partial charge in [0, 0.05) is 12.1 Å². The molecule has 1 aromatic heterocycles. The number of halogens is 1. The Balaban J connectivity index is 2.21. The minimum absolute atomic E-state index is 0.224. The van der Waals surface area contributed by atoms with Crippen LogP contribution in [0.15, 0.2) is 22.7 Å². The van der Waals surface area contributed by atoms with E-state index in [0.717, 1.165) is 0 Å². The summed E-state index contributed by atoms with van der Waals surface area (Å²) in [6.07, 6.45) is 0.688. The highest BCUT2D eigenvalue weighted by molar-refractivity contribution is 6.30. The highest BCUT2D eigenvalue weighted by Gasteiger charge is 2.25. The van der Waals surface area contributed by atoms with Gasteiger partial charge in [0.1, 0.15) is 11.8 Å². The van der Waals surface area contributed by atoms with Crippen LogP contribution in [0.4, 0.5) is 0 Å². The lowest BCUT2D eigenvalue weighted by Gasteiger charge is -2.23. The Hall–Kier alpha value is -2.12. The monoisotopic (exact) mass is 352 g/mol. The van der Waals surface area contributed by atoms with Gasteiger partial charge in [-0.3, -0.25) is 4.79 Å². The van der Waals surface area contributed by atoms with Gasteiger partial charge < -0.3 is 19.9 Å². The van der Waals surface area contributed by atoms with Crippen molar-refractivity contribution in [2.75, 3.05) is 20.2 Å². The quantitative estimate of drug-likeness (QED) is 0.769. The van der Waals surface area contributed by atoms with E-state index >= 15 is 0 Å². The van der Waals surface area contributed by atoms with Crippen LogP contribution >= 0.6 is 11.6 Å². The molecule has 1 heterocycles. The number of hydrogen-bond acceptors (Lipinski definition) is 6. The SMILES string of the molecule is Cc1noc(C(C)N(C)C(=O)c2ccc(Cl)cc2OCCCN)n1. The van der Waals surface area contributed by atoms with Gasteiger partial charge in [-0.1, -0.05) is 16.8 Å². The second-order valence-corrected chi connectivity index (χ2v) is 5.84. The molecule has 0 aliphatic rings. The molecule has 2 aromatic rings. The molecule has 2 rings (SSSR count). The van der Waals surface area contributed by atoms with E-state index in [2.05, 4.69) is 10.1 Å². The number of ether oxygens (including phenoxy) is 1. The maximum Gasteiger partial charge on any atom is 0.258 e. The van der Waals surface area contributed by atoms with Gasteiger partial charge in [-0.25, -0.2) is 0 Å². The molecular weight excluding hydrogens is 332 g/mol. The first kappa shape index (κ1) is 18.2. The molecule has 1 atom stereocenters. The summed E-state index contributed by atoms with van der Waals surface area (Å²) < 4.78 is 10.8. The van der Waals surface area contributed by atoms with Crippen LogP contribution in [-0.2, 0) is 0 Å². The molecule has 130 valence electrons. The molecule has 24 heavy (non-hydrogen) atoms. The number of hydrogen-bond donors (Lipinski definition) is 1. The van der Waals surface area contributed by atoms with Gasteiger partial charge in [0.25, 0.3) is 5.91 Å². The molecule has 1 aromatic carbocycles. The fourth-order valence-electron chi connectivity index (χ4n) is 2.07. The molecule has 1 amide bonds. The minimum Gasteiger partial charge on any atom is -0.493 e. The Bertz CT molecular complexity index is 704. The summed E-state index contributed by atoms with van der Waals surface area (Å²) in [6, 6.07) is 4.55. The second-order valence-electron chi connectivity index (χ2n) is 5.40. The fourth-order valence-corrected chi connectivity index (χ4v) is 2.23. The second kappa shape index (κ2) is 8.12. The van der Waals surface area contributed by atoms with Crippen LogP contribution in [0.25, 0.3) is 0 Å². The average Bonchev–Trinajstić information content (AvgIpc) is 3.00. The van der Waals surface area contributed by atoms with E-state index in [1.807, 2.05) is 6.92 Å². The van der Waals surface area contributed by atoms with Gasteiger partial charge in [0.2, 0.25) is 5.89 Å². The number of carbonyl (C=O) groups excluding carboxylic acids is 1. The minimum atomic E-state index is -0.369. The summed E-state index contributed by atoms with van der Waals surface area (Å²) in [6.45, 7) is 4.47. The molecule has 2 N–H and O–H groups in total. The predicted octanol–water partition coefficient (Wildman–Crippen LogP) is 2.59. The summed E-state index contributed by atoms with van der Waals surface area (Å²) in [5.74, 6) is 1.11. The number of aryl methyl sites for hydroxylation is 1. The summed E-state index contributed by atoms with van der Waals surface area (Å²) in [7, 11) is 1.67. The van der Waals surface area contributed by atoms with Crippen molar-refractivity contribution in [3.8, 4) is 5.75 Å². The van der Waals surface area contributed by atoms with Crippen LogP contribution in [0.2, 0.25) is 5.02 Å². The number of carbonyl (C=O) groups is 1. The highest BCUT2D eigenvalue weighted by Crippen LogP contribution is 2.27. The first-order valence-electron chi connectivity index (χ1n) is 7.63. The Morgan fingerprint density at radius 2 is 2.25 bits per heavy atom. The van der Waals surface area contributed by atoms with Crippen molar-refractivity contribution in [1.82, 2.24) is 15.0 Å². The largest absolute Gasteiger partial charge is 0.493 e. The Labute approximate surface area is 145 Å². The summed E-state index contributed by atoms with van der Waals surface area (Å²) in [4.78, 5) is 18.5. The number of nitrogens with two attached hydrogens (primary N) is 1. The van der Waals surface area contributed by atoms with Gasteiger partial charge in [-0.2, -0.15) is 4.98 Å². The third-order valence-corrected chi connectivity index (χ3v) is 3.82. The van der Waals surface area contributed by atoms with E-state index in [4.69, 9.17) is 26.6 Å². The molecule has 0 radical (unpaired) electrons. The zero-order valence-electron chi connectivity index (χ0n) is 14.0. The highest BCUT2D eigenvalue weighted by atomic mass is 35.5. The third kappa shape index (κ3) is 4.24. The molecule has 0 fully saturated rings. The van der Waals surface area contributed by atoms with Gasteiger partial charge >= 0.3 is 0 Å². The predicted molar refractivity (Wildman–Crippen MR) is 90.2 cm³/mol. The molecule has 8 heteroatoms. The lowest BCUT2D eigenvalue weighted by molar-refractivity contribution is 0.0711. The smallest absolute Gasteiger partial charge is 0.258 e. The Morgan fingerprint density at radius 3 is 2.88 bits per heavy atom. The fraction of sp³-hybridized carbons (Fsp3) is 0.438. The molecule has 0 spiro atoms. The van der Waals surface area contributed by atoms with E-state index in [9.17, 15) is 4.79 Å². The first-order chi connectivity index (χ1) is 11.4. The lowest BCUT2D eigenvalue weighted by atomic mass is 10.1. The molecule has 0 aliphatic heterocycles. The van der Waals surface area contributed by atoms with E-state index in [-0.39, 0.29) is 11.9 Å². The number of amides is 1. The molecular formula is C16H21ClN4O3. The van der Waals surface area contributed by atoms with Crippen LogP contribution in [0.3, 0.4) is 0 Å². The van der Waals surface area contributed by atoms with E-state index < -0.39 is 0 Å². The van der Waals surface area contributed by atoms with Gasteiger partial charge in [0.15, 0.2) is 5.82 Å². The summed E-state index contributed by atoms with van der Waals surface area (Å²) >= 11 is 6.01. The average molecular weight is 353 g/mol. The van der Waals surface area contributed by atoms with Gasteiger partial charge in [-0.05, 0) is 45.0 Å². The van der Waals surface area contributed by atoms with Crippen LogP contribution in [0.5, 0.6) is 5.75 Å². The number of nitrogens with zero attached hydrogens (tertiary/aromatic N) is 3. The Kier molecular flexibility index (Phi) is 6.16. The number of aromatic nitrogens is 2. The molecule has 0 saturated carbocycles. The third-order valence-electron chi connectivity index (χ3n) is 3.58. The van der Waals surface area contributed by atoms with Crippen molar-refractivity contribution < 1.29 is 14.1 Å². The van der Waals surface area contributed by atoms with Crippen molar-refractivity contribution in [1.29, 1.82) is 0 Å². The number of rotatable bonds is 7. The normalized spacial score (nSPS) is 12.0.